The number of fused-ring (bicyclic) bond motifs is 1. The van der Waals surface area contributed by atoms with Crippen LogP contribution in [-0.4, -0.2) is 61.5 Å². The maximum absolute atomic E-state index is 13.1. The summed E-state index contributed by atoms with van der Waals surface area (Å²) in [6.45, 7) is 3.80. The Labute approximate surface area is 159 Å². The van der Waals surface area contributed by atoms with Gasteiger partial charge in [-0.05, 0) is 38.2 Å². The van der Waals surface area contributed by atoms with Crippen LogP contribution in [-0.2, 0) is 23.0 Å². The fourth-order valence-electron chi connectivity index (χ4n) is 3.12. The molecular weight excluding hydrogens is 372 g/mol. The van der Waals surface area contributed by atoms with Crippen LogP contribution in [0.1, 0.15) is 17.4 Å². The Morgan fingerprint density at radius 2 is 2.19 bits per heavy atom. The topological polar surface area (TPSA) is 70.1 Å². The summed E-state index contributed by atoms with van der Waals surface area (Å²) in [6, 6.07) is 2.01. The van der Waals surface area contributed by atoms with E-state index in [4.69, 9.17) is 4.74 Å². The molecule has 0 saturated heterocycles. The molecule has 0 aromatic carbocycles. The van der Waals surface area contributed by atoms with Crippen molar-refractivity contribution in [2.45, 2.75) is 24.8 Å². The molecule has 1 aliphatic heterocycles. The number of likely N-dealkylation sites (N-methyl/N-ethyl adjacent to an activating group) is 1. The van der Waals surface area contributed by atoms with Crippen molar-refractivity contribution >= 4 is 21.4 Å². The minimum absolute atomic E-state index is 0.284. The van der Waals surface area contributed by atoms with E-state index in [2.05, 4.69) is 4.90 Å². The SMILES string of the molecule is CC1C=CC=CC1(O)S(=O)(=O)N1CCc2cc(OCCN(C)C)sc2C1. The molecule has 26 heavy (non-hydrogen) atoms. The van der Waals surface area contributed by atoms with Gasteiger partial charge in [0.2, 0.25) is 15.0 Å². The summed E-state index contributed by atoms with van der Waals surface area (Å²) in [7, 11) is 0.0990. The number of allylic oxidation sites excluding steroid dienone is 2. The third-order valence-electron chi connectivity index (χ3n) is 4.86. The van der Waals surface area contributed by atoms with Crippen molar-refractivity contribution in [3.63, 3.8) is 0 Å². The molecule has 2 atom stereocenters. The Morgan fingerprint density at radius 1 is 1.42 bits per heavy atom. The number of rotatable bonds is 6. The molecule has 3 rings (SSSR count). The number of hydrogen-bond acceptors (Lipinski definition) is 6. The molecule has 1 N–H and O–H groups in total. The van der Waals surface area contributed by atoms with Crippen molar-refractivity contribution < 1.29 is 18.3 Å². The quantitative estimate of drug-likeness (QED) is 0.792. The molecule has 2 unspecified atom stereocenters. The molecule has 1 aromatic rings. The number of aliphatic hydroxyl groups is 1. The van der Waals surface area contributed by atoms with Gasteiger partial charge in [0.05, 0.1) is 0 Å². The molecule has 0 amide bonds. The molecular formula is C18H26N2O4S2. The molecule has 144 valence electrons. The summed E-state index contributed by atoms with van der Waals surface area (Å²) in [5, 5.41) is 11.7. The first-order valence-electron chi connectivity index (χ1n) is 8.71. The fraction of sp³-hybridized carbons (Fsp3) is 0.556. The number of sulfonamides is 1. The van der Waals surface area contributed by atoms with E-state index in [1.807, 2.05) is 20.2 Å². The van der Waals surface area contributed by atoms with Crippen molar-refractivity contribution in [1.29, 1.82) is 0 Å². The molecule has 0 spiro atoms. The standard InChI is InChI=1S/C18H26N2O4S2/c1-14-6-4-5-8-18(14,21)26(22,23)20-9-7-15-12-17(25-16(15)13-20)24-11-10-19(2)3/h4-6,8,12,14,21H,7,9-11,13H2,1-3H3. The second kappa shape index (κ2) is 7.44. The van der Waals surface area contributed by atoms with Crippen LogP contribution in [0.5, 0.6) is 5.06 Å². The maximum Gasteiger partial charge on any atom is 0.248 e. The van der Waals surface area contributed by atoms with E-state index in [1.165, 1.54) is 21.7 Å². The van der Waals surface area contributed by atoms with E-state index < -0.39 is 20.9 Å². The predicted molar refractivity (Wildman–Crippen MR) is 104 cm³/mol. The summed E-state index contributed by atoms with van der Waals surface area (Å²) >= 11 is 1.49. The lowest BCUT2D eigenvalue weighted by atomic mass is 9.99. The van der Waals surface area contributed by atoms with E-state index in [-0.39, 0.29) is 6.54 Å². The summed E-state index contributed by atoms with van der Waals surface area (Å²) in [4.78, 5) is 1.16. The highest BCUT2D eigenvalue weighted by Crippen LogP contribution is 2.38. The zero-order chi connectivity index (χ0) is 18.9. The zero-order valence-corrected chi connectivity index (χ0v) is 17.0. The fourth-order valence-corrected chi connectivity index (χ4v) is 6.14. The molecule has 2 aliphatic rings. The predicted octanol–water partition coefficient (Wildman–Crippen LogP) is 1.83. The van der Waals surface area contributed by atoms with E-state index in [9.17, 15) is 13.5 Å². The first kappa shape index (κ1) is 19.6. The smallest absolute Gasteiger partial charge is 0.248 e. The van der Waals surface area contributed by atoms with Crippen LogP contribution in [0.25, 0.3) is 0 Å². The van der Waals surface area contributed by atoms with Crippen molar-refractivity contribution in [2.24, 2.45) is 5.92 Å². The van der Waals surface area contributed by atoms with Gasteiger partial charge in [-0.2, -0.15) is 4.31 Å². The number of nitrogens with zero attached hydrogens (tertiary/aromatic N) is 2. The Bertz CT molecular complexity index is 813. The molecule has 0 bridgehead atoms. The Kier molecular flexibility index (Phi) is 5.60. The third kappa shape index (κ3) is 3.61. The van der Waals surface area contributed by atoms with E-state index in [1.54, 1.807) is 25.2 Å². The third-order valence-corrected chi connectivity index (χ3v) is 8.26. The second-order valence-corrected chi connectivity index (χ2v) is 10.3. The van der Waals surface area contributed by atoms with Crippen molar-refractivity contribution in [2.75, 3.05) is 33.8 Å². The molecule has 0 saturated carbocycles. The molecule has 6 nitrogen and oxygen atoms in total. The van der Waals surface area contributed by atoms with E-state index in [0.717, 1.165) is 22.0 Å². The Hall–Kier alpha value is -1.19. The lowest BCUT2D eigenvalue weighted by molar-refractivity contribution is 0.124. The van der Waals surface area contributed by atoms with Gasteiger partial charge < -0.3 is 14.7 Å². The van der Waals surface area contributed by atoms with Crippen LogP contribution in [0, 0.1) is 5.92 Å². The molecule has 8 heteroatoms. The minimum Gasteiger partial charge on any atom is -0.483 e. The largest absolute Gasteiger partial charge is 0.483 e. The normalized spacial score (nSPS) is 26.3. The van der Waals surface area contributed by atoms with Crippen LogP contribution in [0.3, 0.4) is 0 Å². The van der Waals surface area contributed by atoms with Gasteiger partial charge in [-0.15, -0.1) is 11.3 Å². The van der Waals surface area contributed by atoms with E-state index in [0.29, 0.717) is 19.6 Å². The minimum atomic E-state index is -3.89. The average molecular weight is 399 g/mol. The van der Waals surface area contributed by atoms with Gasteiger partial charge in [-0.25, -0.2) is 8.42 Å². The molecule has 0 radical (unpaired) electrons. The number of thiophene rings is 1. The van der Waals surface area contributed by atoms with Gasteiger partial charge in [-0.3, -0.25) is 0 Å². The van der Waals surface area contributed by atoms with Gasteiger partial charge in [-0.1, -0.05) is 25.2 Å². The number of ether oxygens (including phenoxy) is 1. The second-order valence-electron chi connectivity index (χ2n) is 7.04. The van der Waals surface area contributed by atoms with Crippen LogP contribution >= 0.6 is 11.3 Å². The molecule has 2 heterocycles. The van der Waals surface area contributed by atoms with Crippen molar-refractivity contribution in [3.8, 4) is 5.06 Å². The highest BCUT2D eigenvalue weighted by molar-refractivity contribution is 7.90. The molecule has 1 aliphatic carbocycles. The van der Waals surface area contributed by atoms with Crippen LogP contribution in [0.15, 0.2) is 30.4 Å². The van der Waals surface area contributed by atoms with Crippen molar-refractivity contribution in [3.05, 3.63) is 40.8 Å². The van der Waals surface area contributed by atoms with Crippen LogP contribution in [0.4, 0.5) is 0 Å². The van der Waals surface area contributed by atoms with Gasteiger partial charge in [0.15, 0.2) is 5.06 Å². The highest BCUT2D eigenvalue weighted by atomic mass is 32.2. The molecule has 1 aromatic heterocycles. The first-order valence-corrected chi connectivity index (χ1v) is 11.0. The number of hydrogen-bond donors (Lipinski definition) is 1. The maximum atomic E-state index is 13.1. The highest BCUT2D eigenvalue weighted by Gasteiger charge is 2.48. The first-order chi connectivity index (χ1) is 12.2. The van der Waals surface area contributed by atoms with Crippen LogP contribution in [0.2, 0.25) is 0 Å². The van der Waals surface area contributed by atoms with E-state index >= 15 is 0 Å². The summed E-state index contributed by atoms with van der Waals surface area (Å²) in [5.41, 5.74) is 1.14. The van der Waals surface area contributed by atoms with Crippen LogP contribution < -0.4 is 4.74 Å². The summed E-state index contributed by atoms with van der Waals surface area (Å²) in [5.74, 6) is -0.493. The van der Waals surface area contributed by atoms with Gasteiger partial charge in [0.1, 0.15) is 6.61 Å². The summed E-state index contributed by atoms with van der Waals surface area (Å²) in [6.07, 6.45) is 7.09. The van der Waals surface area contributed by atoms with Gasteiger partial charge in [0, 0.05) is 30.4 Å². The average Bonchev–Trinajstić information content (AvgIpc) is 2.98. The Morgan fingerprint density at radius 3 is 2.88 bits per heavy atom. The summed E-state index contributed by atoms with van der Waals surface area (Å²) < 4.78 is 33.4. The monoisotopic (exact) mass is 398 g/mol. The Balaban J connectivity index is 1.74. The van der Waals surface area contributed by atoms with Gasteiger partial charge in [0.25, 0.3) is 0 Å². The lowest BCUT2D eigenvalue weighted by Gasteiger charge is -2.37. The zero-order valence-electron chi connectivity index (χ0n) is 15.4. The van der Waals surface area contributed by atoms with Gasteiger partial charge >= 0.3 is 0 Å². The molecule has 0 fully saturated rings. The van der Waals surface area contributed by atoms with Crippen molar-refractivity contribution in [1.82, 2.24) is 9.21 Å². The lowest BCUT2D eigenvalue weighted by Crippen LogP contribution is -2.52.